The van der Waals surface area contributed by atoms with Crippen LogP contribution in [0.3, 0.4) is 0 Å². The third-order valence-corrected chi connectivity index (χ3v) is 3.35. The van der Waals surface area contributed by atoms with E-state index in [1.54, 1.807) is 24.3 Å². The molecule has 21 heavy (non-hydrogen) atoms. The summed E-state index contributed by atoms with van der Waals surface area (Å²) in [5.74, 6) is -1.13. The van der Waals surface area contributed by atoms with E-state index in [0.717, 1.165) is 11.5 Å². The largest absolute Gasteiger partial charge is 0.480 e. The zero-order valence-electron chi connectivity index (χ0n) is 11.2. The topological polar surface area (TPSA) is 101 Å². The maximum Gasteiger partial charge on any atom is 0.341 e. The van der Waals surface area contributed by atoms with Gasteiger partial charge in [0, 0.05) is 0 Å². The molecule has 0 aliphatic carbocycles. The lowest BCUT2D eigenvalue weighted by molar-refractivity contribution is -0.139. The van der Waals surface area contributed by atoms with E-state index in [-0.39, 0.29) is 5.91 Å². The number of carboxylic acid groups (broad SMARTS) is 1. The van der Waals surface area contributed by atoms with Gasteiger partial charge in [-0.1, -0.05) is 23.5 Å². The third-order valence-electron chi connectivity index (χ3n) is 2.58. The predicted molar refractivity (Wildman–Crippen MR) is 76.8 cm³/mol. The van der Waals surface area contributed by atoms with Gasteiger partial charge in [-0.15, -0.1) is 5.10 Å². The number of hydrogen-bond donors (Lipinski definition) is 2. The number of aromatic nitrogens is 2. The van der Waals surface area contributed by atoms with E-state index in [1.807, 2.05) is 6.92 Å². The van der Waals surface area contributed by atoms with Crippen molar-refractivity contribution in [2.75, 3.05) is 11.9 Å². The Bertz CT molecular complexity index is 656. The minimum absolute atomic E-state index is 0.295. The van der Waals surface area contributed by atoms with Crippen LogP contribution in [0.2, 0.25) is 0 Å². The Hall–Kier alpha value is -2.48. The molecule has 1 amide bonds. The van der Waals surface area contributed by atoms with Gasteiger partial charge in [-0.25, -0.2) is 4.79 Å². The standard InChI is InChI=1S/C13H13N3O4S/c1-2-8-12(21-16-15-8)13(19)14-9-5-3-4-6-10(9)20-7-11(17)18/h3-6H,2,7H2,1H3,(H,14,19)(H,17,18). The van der Waals surface area contributed by atoms with Crippen LogP contribution >= 0.6 is 11.5 Å². The SMILES string of the molecule is CCc1nnsc1C(=O)Nc1ccccc1OCC(=O)O. The molecule has 2 N–H and O–H groups in total. The maximum atomic E-state index is 12.2. The Labute approximate surface area is 124 Å². The molecular weight excluding hydrogens is 294 g/mol. The second kappa shape index (κ2) is 6.80. The first-order valence-corrected chi connectivity index (χ1v) is 6.95. The van der Waals surface area contributed by atoms with E-state index < -0.39 is 12.6 Å². The zero-order valence-corrected chi connectivity index (χ0v) is 12.0. The maximum absolute atomic E-state index is 12.2. The molecule has 1 aromatic carbocycles. The minimum atomic E-state index is -1.09. The Morgan fingerprint density at radius 3 is 2.86 bits per heavy atom. The monoisotopic (exact) mass is 307 g/mol. The van der Waals surface area contributed by atoms with Crippen LogP contribution in [0, 0.1) is 0 Å². The van der Waals surface area contributed by atoms with Crippen molar-refractivity contribution >= 4 is 29.1 Å². The molecule has 2 aromatic rings. The number of hydrogen-bond acceptors (Lipinski definition) is 6. The van der Waals surface area contributed by atoms with Crippen LogP contribution in [0.1, 0.15) is 22.3 Å². The molecule has 0 saturated heterocycles. The molecule has 0 aliphatic rings. The van der Waals surface area contributed by atoms with Gasteiger partial charge in [0.05, 0.1) is 11.4 Å². The highest BCUT2D eigenvalue weighted by molar-refractivity contribution is 7.08. The van der Waals surface area contributed by atoms with Crippen LogP contribution in [-0.4, -0.2) is 33.2 Å². The van der Waals surface area contributed by atoms with Gasteiger partial charge in [0.1, 0.15) is 10.6 Å². The van der Waals surface area contributed by atoms with Crippen LogP contribution in [-0.2, 0) is 11.2 Å². The number of para-hydroxylation sites is 2. The number of ether oxygens (including phenoxy) is 1. The van der Waals surface area contributed by atoms with Gasteiger partial charge < -0.3 is 15.2 Å². The first kappa shape index (κ1) is 14.9. The van der Waals surface area contributed by atoms with Crippen molar-refractivity contribution in [3.05, 3.63) is 34.8 Å². The highest BCUT2D eigenvalue weighted by Crippen LogP contribution is 2.25. The van der Waals surface area contributed by atoms with Crippen molar-refractivity contribution in [2.24, 2.45) is 0 Å². The number of rotatable bonds is 6. The second-order valence-electron chi connectivity index (χ2n) is 4.04. The zero-order chi connectivity index (χ0) is 15.2. The molecule has 7 nitrogen and oxygen atoms in total. The molecule has 0 saturated carbocycles. The first-order chi connectivity index (χ1) is 10.1. The number of carbonyl (C=O) groups excluding carboxylic acids is 1. The summed E-state index contributed by atoms with van der Waals surface area (Å²) in [5.41, 5.74) is 1.03. The second-order valence-corrected chi connectivity index (χ2v) is 4.79. The van der Waals surface area contributed by atoms with Gasteiger partial charge in [0.15, 0.2) is 6.61 Å². The normalized spacial score (nSPS) is 10.1. The molecular formula is C13H13N3O4S. The molecule has 0 bridgehead atoms. The van der Waals surface area contributed by atoms with E-state index in [0.29, 0.717) is 28.4 Å². The van der Waals surface area contributed by atoms with Crippen molar-refractivity contribution in [3.63, 3.8) is 0 Å². The van der Waals surface area contributed by atoms with Crippen molar-refractivity contribution in [3.8, 4) is 5.75 Å². The van der Waals surface area contributed by atoms with Crippen molar-refractivity contribution in [2.45, 2.75) is 13.3 Å². The fourth-order valence-electron chi connectivity index (χ4n) is 1.63. The molecule has 110 valence electrons. The Morgan fingerprint density at radius 2 is 2.14 bits per heavy atom. The molecule has 0 spiro atoms. The number of aryl methyl sites for hydroxylation is 1. The summed E-state index contributed by atoms with van der Waals surface area (Å²) in [4.78, 5) is 23.2. The number of nitrogens with zero attached hydrogens (tertiary/aromatic N) is 2. The van der Waals surface area contributed by atoms with Crippen LogP contribution < -0.4 is 10.1 Å². The Kier molecular flexibility index (Phi) is 4.83. The van der Waals surface area contributed by atoms with Crippen LogP contribution in [0.5, 0.6) is 5.75 Å². The lowest BCUT2D eigenvalue weighted by Crippen LogP contribution is -2.15. The summed E-state index contributed by atoms with van der Waals surface area (Å²) in [6.07, 6.45) is 0.608. The summed E-state index contributed by atoms with van der Waals surface area (Å²) in [7, 11) is 0. The summed E-state index contributed by atoms with van der Waals surface area (Å²) in [6.45, 7) is 1.41. The molecule has 0 fully saturated rings. The molecule has 0 atom stereocenters. The number of benzene rings is 1. The summed E-state index contributed by atoms with van der Waals surface area (Å²) >= 11 is 1.02. The predicted octanol–water partition coefficient (Wildman–Crippen LogP) is 1.82. The van der Waals surface area contributed by atoms with E-state index >= 15 is 0 Å². The molecule has 0 radical (unpaired) electrons. The van der Waals surface area contributed by atoms with Crippen molar-refractivity contribution in [1.82, 2.24) is 9.59 Å². The van der Waals surface area contributed by atoms with Crippen molar-refractivity contribution < 1.29 is 19.4 Å². The lowest BCUT2D eigenvalue weighted by Gasteiger charge is -2.10. The number of amides is 1. The third kappa shape index (κ3) is 3.76. The molecule has 0 aliphatic heterocycles. The number of nitrogens with one attached hydrogen (secondary N) is 1. The summed E-state index contributed by atoms with van der Waals surface area (Å²) < 4.78 is 8.89. The van der Waals surface area contributed by atoms with E-state index in [4.69, 9.17) is 9.84 Å². The number of aliphatic carboxylic acids is 1. The number of anilines is 1. The van der Waals surface area contributed by atoms with Gasteiger partial charge in [-0.3, -0.25) is 4.79 Å². The molecule has 8 heteroatoms. The smallest absolute Gasteiger partial charge is 0.341 e. The summed E-state index contributed by atoms with van der Waals surface area (Å²) in [6, 6.07) is 6.63. The molecule has 1 aromatic heterocycles. The highest BCUT2D eigenvalue weighted by Gasteiger charge is 2.16. The van der Waals surface area contributed by atoms with Gasteiger partial charge >= 0.3 is 5.97 Å². The van der Waals surface area contributed by atoms with Crippen LogP contribution in [0.25, 0.3) is 0 Å². The quantitative estimate of drug-likeness (QED) is 0.844. The van der Waals surface area contributed by atoms with Crippen LogP contribution in [0.15, 0.2) is 24.3 Å². The van der Waals surface area contributed by atoms with Gasteiger partial charge in [-0.2, -0.15) is 0 Å². The average molecular weight is 307 g/mol. The number of carboxylic acids is 1. The molecule has 1 heterocycles. The van der Waals surface area contributed by atoms with E-state index in [2.05, 4.69) is 14.9 Å². The average Bonchev–Trinajstić information content (AvgIpc) is 2.94. The van der Waals surface area contributed by atoms with Gasteiger partial charge in [-0.05, 0) is 30.1 Å². The highest BCUT2D eigenvalue weighted by atomic mass is 32.1. The van der Waals surface area contributed by atoms with Crippen molar-refractivity contribution in [1.29, 1.82) is 0 Å². The van der Waals surface area contributed by atoms with E-state index in [9.17, 15) is 9.59 Å². The minimum Gasteiger partial charge on any atom is -0.480 e. The van der Waals surface area contributed by atoms with Crippen LogP contribution in [0.4, 0.5) is 5.69 Å². The fraction of sp³-hybridized carbons (Fsp3) is 0.231. The van der Waals surface area contributed by atoms with Gasteiger partial charge in [0.25, 0.3) is 5.91 Å². The van der Waals surface area contributed by atoms with Gasteiger partial charge in [0.2, 0.25) is 0 Å². The summed E-state index contributed by atoms with van der Waals surface area (Å²) in [5, 5.41) is 15.2. The lowest BCUT2D eigenvalue weighted by atomic mass is 10.2. The number of carbonyl (C=O) groups is 2. The Morgan fingerprint density at radius 1 is 1.38 bits per heavy atom. The fourth-order valence-corrected chi connectivity index (χ4v) is 2.27. The molecule has 2 rings (SSSR count). The molecule has 0 unspecified atom stereocenters. The van der Waals surface area contributed by atoms with E-state index in [1.165, 1.54) is 0 Å². The first-order valence-electron chi connectivity index (χ1n) is 6.18. The Balaban J connectivity index is 2.15.